The second-order valence-electron chi connectivity index (χ2n) is 4.07. The second kappa shape index (κ2) is 6.94. The number of carbonyl (C=O) groups excluding carboxylic acids is 1. The highest BCUT2D eigenvalue weighted by Crippen LogP contribution is 2.28. The lowest BCUT2D eigenvalue weighted by Crippen LogP contribution is -2.01. The second-order valence-corrected chi connectivity index (χ2v) is 4.07. The van der Waals surface area contributed by atoms with Crippen molar-refractivity contribution in [3.63, 3.8) is 0 Å². The highest BCUT2D eigenvalue weighted by molar-refractivity contribution is 5.78. The van der Waals surface area contributed by atoms with Gasteiger partial charge in [-0.15, -0.1) is 0 Å². The molecule has 3 heteroatoms. The van der Waals surface area contributed by atoms with Crippen LogP contribution in [-0.2, 0) is 11.2 Å². The van der Waals surface area contributed by atoms with E-state index in [1.54, 1.807) is 14.0 Å². The zero-order valence-corrected chi connectivity index (χ0v) is 10.8. The van der Waals surface area contributed by atoms with Crippen molar-refractivity contribution in [1.29, 1.82) is 0 Å². The third-order valence-corrected chi connectivity index (χ3v) is 2.44. The van der Waals surface area contributed by atoms with E-state index in [0.29, 0.717) is 18.8 Å². The van der Waals surface area contributed by atoms with E-state index >= 15 is 0 Å². The first kappa shape index (κ1) is 13.6. The molecule has 0 aliphatic rings. The minimum Gasteiger partial charge on any atom is -0.493 e. The van der Waals surface area contributed by atoms with Crippen LogP contribution in [0.4, 0.5) is 0 Å². The standard InChI is InChI=1S/C14H20O3/c1-4-5-8-17-13-7-6-12(9-11(2)15)10-14(13)16-3/h6-7,10H,4-5,8-9H2,1-3H3. The van der Waals surface area contributed by atoms with Gasteiger partial charge in [-0.1, -0.05) is 19.4 Å². The van der Waals surface area contributed by atoms with Crippen molar-refractivity contribution in [2.75, 3.05) is 13.7 Å². The van der Waals surface area contributed by atoms with E-state index in [9.17, 15) is 4.79 Å². The number of ether oxygens (including phenoxy) is 2. The zero-order valence-electron chi connectivity index (χ0n) is 10.8. The number of hydrogen-bond acceptors (Lipinski definition) is 3. The maximum absolute atomic E-state index is 11.0. The Hall–Kier alpha value is -1.51. The lowest BCUT2D eigenvalue weighted by atomic mass is 10.1. The molecule has 0 radical (unpaired) electrons. The normalized spacial score (nSPS) is 10.1. The van der Waals surface area contributed by atoms with Crippen LogP contribution in [0.1, 0.15) is 32.3 Å². The van der Waals surface area contributed by atoms with Gasteiger partial charge in [0.2, 0.25) is 0 Å². The van der Waals surface area contributed by atoms with Crippen LogP contribution in [-0.4, -0.2) is 19.5 Å². The van der Waals surface area contributed by atoms with Crippen LogP contribution in [0.15, 0.2) is 18.2 Å². The van der Waals surface area contributed by atoms with Crippen molar-refractivity contribution < 1.29 is 14.3 Å². The number of hydrogen-bond donors (Lipinski definition) is 0. The Kier molecular flexibility index (Phi) is 5.53. The van der Waals surface area contributed by atoms with Gasteiger partial charge in [-0.2, -0.15) is 0 Å². The lowest BCUT2D eigenvalue weighted by Gasteiger charge is -2.11. The van der Waals surface area contributed by atoms with Gasteiger partial charge in [-0.05, 0) is 31.0 Å². The molecule has 0 spiro atoms. The number of methoxy groups -OCH3 is 1. The van der Waals surface area contributed by atoms with Crippen LogP contribution in [0, 0.1) is 0 Å². The Balaban J connectivity index is 2.74. The van der Waals surface area contributed by atoms with Crippen LogP contribution in [0.25, 0.3) is 0 Å². The van der Waals surface area contributed by atoms with Gasteiger partial charge in [0, 0.05) is 6.42 Å². The van der Waals surface area contributed by atoms with Crippen molar-refractivity contribution in [1.82, 2.24) is 0 Å². The van der Waals surface area contributed by atoms with Crippen LogP contribution in [0.5, 0.6) is 11.5 Å². The Labute approximate surface area is 103 Å². The molecule has 17 heavy (non-hydrogen) atoms. The molecular formula is C14H20O3. The van der Waals surface area contributed by atoms with Gasteiger partial charge >= 0.3 is 0 Å². The molecule has 3 nitrogen and oxygen atoms in total. The number of Topliss-reactive ketones (excluding diaryl/α,β-unsaturated/α-hetero) is 1. The van der Waals surface area contributed by atoms with Crippen molar-refractivity contribution >= 4 is 5.78 Å². The first-order valence-electron chi connectivity index (χ1n) is 5.96. The van der Waals surface area contributed by atoms with Gasteiger partial charge in [0.05, 0.1) is 13.7 Å². The van der Waals surface area contributed by atoms with Crippen molar-refractivity contribution in [3.05, 3.63) is 23.8 Å². The molecule has 0 saturated heterocycles. The third-order valence-electron chi connectivity index (χ3n) is 2.44. The summed E-state index contributed by atoms with van der Waals surface area (Å²) in [6.07, 6.45) is 2.56. The van der Waals surface area contributed by atoms with E-state index in [4.69, 9.17) is 9.47 Å². The van der Waals surface area contributed by atoms with Gasteiger partial charge in [0.25, 0.3) is 0 Å². The summed E-state index contributed by atoms with van der Waals surface area (Å²) >= 11 is 0. The number of unbranched alkanes of at least 4 members (excludes halogenated alkanes) is 1. The van der Waals surface area contributed by atoms with E-state index in [-0.39, 0.29) is 5.78 Å². The summed E-state index contributed by atoms with van der Waals surface area (Å²) < 4.78 is 10.9. The molecule has 1 aromatic rings. The average molecular weight is 236 g/mol. The maximum Gasteiger partial charge on any atom is 0.161 e. The molecule has 0 heterocycles. The summed E-state index contributed by atoms with van der Waals surface area (Å²) in [5.74, 6) is 1.58. The molecule has 0 amide bonds. The molecule has 0 aliphatic heterocycles. The Morgan fingerprint density at radius 1 is 1.29 bits per heavy atom. The number of rotatable bonds is 7. The monoisotopic (exact) mass is 236 g/mol. The van der Waals surface area contributed by atoms with Gasteiger partial charge in [0.1, 0.15) is 5.78 Å². The Morgan fingerprint density at radius 2 is 2.06 bits per heavy atom. The molecule has 0 N–H and O–H groups in total. The van der Waals surface area contributed by atoms with Gasteiger partial charge < -0.3 is 9.47 Å². The largest absolute Gasteiger partial charge is 0.493 e. The summed E-state index contributed by atoms with van der Waals surface area (Å²) in [4.78, 5) is 11.0. The fraction of sp³-hybridized carbons (Fsp3) is 0.500. The highest BCUT2D eigenvalue weighted by Gasteiger charge is 2.06. The average Bonchev–Trinajstić information content (AvgIpc) is 2.30. The fourth-order valence-corrected chi connectivity index (χ4v) is 1.56. The number of ketones is 1. The number of carbonyl (C=O) groups is 1. The van der Waals surface area contributed by atoms with Crippen LogP contribution < -0.4 is 9.47 Å². The van der Waals surface area contributed by atoms with Gasteiger partial charge in [0.15, 0.2) is 11.5 Å². The summed E-state index contributed by atoms with van der Waals surface area (Å²) in [6.45, 7) is 4.40. The molecule has 0 saturated carbocycles. The topological polar surface area (TPSA) is 35.5 Å². The summed E-state index contributed by atoms with van der Waals surface area (Å²) in [7, 11) is 1.61. The number of benzene rings is 1. The molecule has 0 aliphatic carbocycles. The summed E-state index contributed by atoms with van der Waals surface area (Å²) in [5, 5.41) is 0. The Bertz CT molecular complexity index is 372. The first-order chi connectivity index (χ1) is 8.17. The smallest absolute Gasteiger partial charge is 0.161 e. The van der Waals surface area contributed by atoms with Crippen molar-refractivity contribution in [2.45, 2.75) is 33.1 Å². The molecule has 0 bridgehead atoms. The fourth-order valence-electron chi connectivity index (χ4n) is 1.56. The highest BCUT2D eigenvalue weighted by atomic mass is 16.5. The minimum atomic E-state index is 0.145. The van der Waals surface area contributed by atoms with Crippen molar-refractivity contribution in [3.8, 4) is 11.5 Å². The summed E-state index contributed by atoms with van der Waals surface area (Å²) in [5.41, 5.74) is 0.956. The predicted molar refractivity (Wildman–Crippen MR) is 67.8 cm³/mol. The molecule has 0 unspecified atom stereocenters. The molecule has 1 rings (SSSR count). The quantitative estimate of drug-likeness (QED) is 0.683. The molecule has 0 fully saturated rings. The SMILES string of the molecule is CCCCOc1ccc(CC(C)=O)cc1OC. The van der Waals surface area contributed by atoms with Crippen LogP contribution >= 0.6 is 0 Å². The van der Waals surface area contributed by atoms with Crippen LogP contribution in [0.2, 0.25) is 0 Å². The van der Waals surface area contributed by atoms with E-state index in [0.717, 1.165) is 24.2 Å². The lowest BCUT2D eigenvalue weighted by molar-refractivity contribution is -0.116. The van der Waals surface area contributed by atoms with Gasteiger partial charge in [-0.25, -0.2) is 0 Å². The molecular weight excluding hydrogens is 216 g/mol. The van der Waals surface area contributed by atoms with E-state index in [1.165, 1.54) is 0 Å². The first-order valence-corrected chi connectivity index (χ1v) is 5.96. The maximum atomic E-state index is 11.0. The van der Waals surface area contributed by atoms with E-state index < -0.39 is 0 Å². The predicted octanol–water partition coefficient (Wildman–Crippen LogP) is 3.01. The minimum absolute atomic E-state index is 0.145. The Morgan fingerprint density at radius 3 is 2.65 bits per heavy atom. The van der Waals surface area contributed by atoms with Gasteiger partial charge in [-0.3, -0.25) is 4.79 Å². The third kappa shape index (κ3) is 4.47. The molecule has 0 atom stereocenters. The molecule has 94 valence electrons. The molecule has 1 aromatic carbocycles. The summed E-state index contributed by atoms with van der Waals surface area (Å²) in [6, 6.07) is 5.64. The van der Waals surface area contributed by atoms with Crippen molar-refractivity contribution in [2.24, 2.45) is 0 Å². The van der Waals surface area contributed by atoms with Crippen LogP contribution in [0.3, 0.4) is 0 Å². The van der Waals surface area contributed by atoms with E-state index in [1.807, 2.05) is 18.2 Å². The van der Waals surface area contributed by atoms with E-state index in [2.05, 4.69) is 6.92 Å². The molecule has 0 aromatic heterocycles. The zero-order chi connectivity index (χ0) is 12.7.